The Morgan fingerprint density at radius 1 is 1.24 bits per heavy atom. The molecule has 3 atom stereocenters. The van der Waals surface area contributed by atoms with Gasteiger partial charge in [-0.15, -0.1) is 11.8 Å². The first-order chi connectivity index (χ1) is 11.7. The van der Waals surface area contributed by atoms with Crippen molar-refractivity contribution in [3.8, 4) is 0 Å². The molecular weight excluding hydrogens is 340 g/mol. The Balaban J connectivity index is 1.87. The number of hydrogen-bond acceptors (Lipinski definition) is 6. The Morgan fingerprint density at radius 3 is 2.48 bits per heavy atom. The number of fused-ring (bicyclic) bond motifs is 1. The summed E-state index contributed by atoms with van der Waals surface area (Å²) in [6.07, 6.45) is 4.82. The zero-order valence-electron chi connectivity index (χ0n) is 15.2. The average molecular weight is 368 g/mol. The Labute approximate surface area is 153 Å². The molecule has 0 spiro atoms. The van der Waals surface area contributed by atoms with Crippen LogP contribution in [0.4, 0.5) is 0 Å². The highest BCUT2D eigenvalue weighted by atomic mass is 32.2. The molecule has 2 saturated heterocycles. The maximum absolute atomic E-state index is 13.4. The predicted octanol–water partition coefficient (Wildman–Crippen LogP) is 1.71. The summed E-state index contributed by atoms with van der Waals surface area (Å²) in [5, 5.41) is -0.123. The smallest absolute Gasteiger partial charge is 0.322 e. The minimum Gasteiger partial charge on any atom is -0.459 e. The zero-order chi connectivity index (χ0) is 18.4. The molecule has 7 heteroatoms. The summed E-state index contributed by atoms with van der Waals surface area (Å²) < 4.78 is 5.62. The van der Waals surface area contributed by atoms with E-state index in [4.69, 9.17) is 10.5 Å². The molecule has 1 aliphatic carbocycles. The average Bonchev–Trinajstić information content (AvgIpc) is 2.59. The standard InChI is InChI=1S/C18H28N2O4S/c1-17(2,3)24-16(23)18(13(21)11-7-5-4-6-8-11)9-20-14(22)12(19)15(20)25-10-18/h11-12,15H,4-10,19H2,1-3H3/t12?,15-,18?/m1/s1. The second kappa shape index (κ2) is 6.58. The van der Waals surface area contributed by atoms with Crippen molar-refractivity contribution in [2.75, 3.05) is 12.3 Å². The Hall–Kier alpha value is -1.08. The van der Waals surface area contributed by atoms with Gasteiger partial charge in [-0.25, -0.2) is 0 Å². The number of esters is 1. The lowest BCUT2D eigenvalue weighted by molar-refractivity contribution is -0.174. The van der Waals surface area contributed by atoms with Gasteiger partial charge in [0.25, 0.3) is 0 Å². The summed E-state index contributed by atoms with van der Waals surface area (Å²) in [4.78, 5) is 40.1. The number of nitrogens with zero attached hydrogens (tertiary/aromatic N) is 1. The van der Waals surface area contributed by atoms with Crippen LogP contribution < -0.4 is 5.73 Å². The Morgan fingerprint density at radius 2 is 1.88 bits per heavy atom. The van der Waals surface area contributed by atoms with E-state index in [-0.39, 0.29) is 29.5 Å². The van der Waals surface area contributed by atoms with Gasteiger partial charge in [-0.05, 0) is 33.6 Å². The highest BCUT2D eigenvalue weighted by Crippen LogP contribution is 2.45. The van der Waals surface area contributed by atoms with Crippen LogP contribution in [0.15, 0.2) is 0 Å². The van der Waals surface area contributed by atoms with Gasteiger partial charge in [-0.1, -0.05) is 19.3 Å². The number of ether oxygens (including phenoxy) is 1. The molecule has 140 valence electrons. The fourth-order valence-electron chi connectivity index (χ4n) is 3.98. The number of Topliss-reactive ketones (excluding diaryl/α,β-unsaturated/α-hetero) is 1. The van der Waals surface area contributed by atoms with Crippen LogP contribution in [0.3, 0.4) is 0 Å². The van der Waals surface area contributed by atoms with Crippen molar-refractivity contribution < 1.29 is 19.1 Å². The third kappa shape index (κ3) is 3.33. The molecule has 3 fully saturated rings. The van der Waals surface area contributed by atoms with Gasteiger partial charge in [-0.2, -0.15) is 0 Å². The van der Waals surface area contributed by atoms with Crippen molar-refractivity contribution in [1.82, 2.24) is 4.90 Å². The molecule has 0 bridgehead atoms. The van der Waals surface area contributed by atoms with Crippen molar-refractivity contribution in [3.05, 3.63) is 0 Å². The second-order valence-electron chi connectivity index (χ2n) is 8.48. The minimum atomic E-state index is -1.26. The summed E-state index contributed by atoms with van der Waals surface area (Å²) in [7, 11) is 0. The van der Waals surface area contributed by atoms with E-state index in [1.807, 2.05) is 0 Å². The highest BCUT2D eigenvalue weighted by molar-refractivity contribution is 8.00. The molecular formula is C18H28N2O4S. The first-order valence-electron chi connectivity index (χ1n) is 9.11. The molecule has 3 aliphatic rings. The summed E-state index contributed by atoms with van der Waals surface area (Å²) >= 11 is 1.44. The van der Waals surface area contributed by atoms with E-state index in [0.29, 0.717) is 5.75 Å². The van der Waals surface area contributed by atoms with Gasteiger partial charge >= 0.3 is 5.97 Å². The van der Waals surface area contributed by atoms with E-state index in [1.165, 1.54) is 11.8 Å². The topological polar surface area (TPSA) is 89.7 Å². The van der Waals surface area contributed by atoms with E-state index in [9.17, 15) is 14.4 Å². The molecule has 2 aliphatic heterocycles. The van der Waals surface area contributed by atoms with Crippen molar-refractivity contribution in [1.29, 1.82) is 0 Å². The lowest BCUT2D eigenvalue weighted by Gasteiger charge is -2.53. The summed E-state index contributed by atoms with van der Waals surface area (Å²) in [6.45, 7) is 5.51. The van der Waals surface area contributed by atoms with E-state index in [1.54, 1.807) is 25.7 Å². The monoisotopic (exact) mass is 368 g/mol. The van der Waals surface area contributed by atoms with Gasteiger partial charge in [0.15, 0.2) is 11.2 Å². The van der Waals surface area contributed by atoms with E-state index >= 15 is 0 Å². The third-order valence-electron chi connectivity index (χ3n) is 5.36. The third-order valence-corrected chi connectivity index (χ3v) is 6.91. The highest BCUT2D eigenvalue weighted by Gasteiger charge is 2.60. The molecule has 25 heavy (non-hydrogen) atoms. The van der Waals surface area contributed by atoms with E-state index in [0.717, 1.165) is 32.1 Å². The van der Waals surface area contributed by atoms with Crippen LogP contribution >= 0.6 is 11.8 Å². The van der Waals surface area contributed by atoms with Gasteiger partial charge in [0.2, 0.25) is 5.91 Å². The number of hydrogen-bond donors (Lipinski definition) is 1. The van der Waals surface area contributed by atoms with Crippen LogP contribution in [-0.2, 0) is 19.1 Å². The summed E-state index contributed by atoms with van der Waals surface area (Å²) in [6, 6.07) is -0.522. The number of ketones is 1. The number of amides is 1. The normalized spacial score (nSPS) is 33.4. The molecule has 1 amide bonds. The van der Waals surface area contributed by atoms with Gasteiger partial charge in [0, 0.05) is 18.2 Å². The molecule has 0 aromatic heterocycles. The maximum Gasteiger partial charge on any atom is 0.322 e. The lowest BCUT2D eigenvalue weighted by atomic mass is 9.73. The number of thioether (sulfide) groups is 1. The van der Waals surface area contributed by atoms with Crippen LogP contribution in [-0.4, -0.2) is 51.9 Å². The SMILES string of the molecule is CC(C)(C)OC(=O)C1(C(=O)C2CCCCC2)CS[C@@H]2C(N)C(=O)N2C1. The fourth-order valence-corrected chi connectivity index (χ4v) is 5.47. The number of rotatable bonds is 3. The van der Waals surface area contributed by atoms with Crippen molar-refractivity contribution in [2.24, 2.45) is 17.1 Å². The Bertz CT molecular complexity index is 582. The van der Waals surface area contributed by atoms with E-state index in [2.05, 4.69) is 0 Å². The molecule has 0 radical (unpaired) electrons. The number of nitrogens with two attached hydrogens (primary N) is 1. The van der Waals surface area contributed by atoms with Crippen molar-refractivity contribution in [2.45, 2.75) is 69.9 Å². The Kier molecular flexibility index (Phi) is 4.92. The summed E-state index contributed by atoms with van der Waals surface area (Å²) in [5.41, 5.74) is 3.92. The molecule has 2 heterocycles. The van der Waals surface area contributed by atoms with Crippen LogP contribution in [0.2, 0.25) is 0 Å². The maximum atomic E-state index is 13.4. The van der Waals surface area contributed by atoms with Crippen LogP contribution in [0, 0.1) is 11.3 Å². The van der Waals surface area contributed by atoms with Gasteiger partial charge in [-0.3, -0.25) is 14.4 Å². The fraction of sp³-hybridized carbons (Fsp3) is 0.833. The lowest BCUT2D eigenvalue weighted by Crippen LogP contribution is -2.73. The molecule has 0 aromatic carbocycles. The second-order valence-corrected chi connectivity index (χ2v) is 9.58. The summed E-state index contributed by atoms with van der Waals surface area (Å²) in [5.74, 6) is -0.472. The van der Waals surface area contributed by atoms with Crippen LogP contribution in [0.1, 0.15) is 52.9 Å². The largest absolute Gasteiger partial charge is 0.459 e. The van der Waals surface area contributed by atoms with Crippen LogP contribution in [0.5, 0.6) is 0 Å². The van der Waals surface area contributed by atoms with Crippen LogP contribution in [0.25, 0.3) is 0 Å². The molecule has 6 nitrogen and oxygen atoms in total. The molecule has 1 saturated carbocycles. The first-order valence-corrected chi connectivity index (χ1v) is 10.2. The number of carbonyl (C=O) groups is 3. The zero-order valence-corrected chi connectivity index (χ0v) is 16.1. The van der Waals surface area contributed by atoms with E-state index < -0.39 is 23.0 Å². The van der Waals surface area contributed by atoms with Gasteiger partial charge in [0.1, 0.15) is 17.0 Å². The predicted molar refractivity (Wildman–Crippen MR) is 95.8 cm³/mol. The number of carbonyl (C=O) groups excluding carboxylic acids is 3. The first kappa shape index (κ1) is 18.7. The van der Waals surface area contributed by atoms with Crippen molar-refractivity contribution >= 4 is 29.4 Å². The molecule has 2 N–H and O–H groups in total. The minimum absolute atomic E-state index is 0.0410. The quantitative estimate of drug-likeness (QED) is 0.463. The van der Waals surface area contributed by atoms with Gasteiger partial charge < -0.3 is 15.4 Å². The van der Waals surface area contributed by atoms with Gasteiger partial charge in [0.05, 0.1) is 0 Å². The van der Waals surface area contributed by atoms with Crippen molar-refractivity contribution in [3.63, 3.8) is 0 Å². The molecule has 2 unspecified atom stereocenters. The molecule has 0 aromatic rings. The number of β-lactam (4-membered cyclic amide) rings is 1. The molecule has 3 rings (SSSR count).